The fourth-order valence-corrected chi connectivity index (χ4v) is 5.87. The van der Waals surface area contributed by atoms with Crippen molar-refractivity contribution in [3.8, 4) is 11.1 Å². The van der Waals surface area contributed by atoms with Crippen molar-refractivity contribution in [3.63, 3.8) is 0 Å². The molecule has 1 N–H and O–H groups in total. The SMILES string of the molecule is Cc1nn(C)cc1-c1ccc2c(c1)CCCN2c1nn(C2CCOC2)c2c1CN(C(C)O)CC2. The molecule has 3 aliphatic heterocycles. The third-order valence-electron chi connectivity index (χ3n) is 7.65. The van der Waals surface area contributed by atoms with Gasteiger partial charge in [-0.1, -0.05) is 6.07 Å². The number of ether oxygens (including phenoxy) is 1. The van der Waals surface area contributed by atoms with Gasteiger partial charge in [0.2, 0.25) is 0 Å². The zero-order valence-electron chi connectivity index (χ0n) is 20.4. The minimum atomic E-state index is -0.460. The van der Waals surface area contributed by atoms with E-state index in [-0.39, 0.29) is 0 Å². The third kappa shape index (κ3) is 3.65. The number of nitrogens with zero attached hydrogens (tertiary/aromatic N) is 6. The molecule has 180 valence electrons. The topological polar surface area (TPSA) is 71.6 Å². The van der Waals surface area contributed by atoms with E-state index in [4.69, 9.17) is 9.84 Å². The normalized spacial score (nSPS) is 21.5. The van der Waals surface area contributed by atoms with E-state index in [0.29, 0.717) is 6.04 Å². The quantitative estimate of drug-likeness (QED) is 0.641. The summed E-state index contributed by atoms with van der Waals surface area (Å²) in [6.07, 6.45) is 5.72. The van der Waals surface area contributed by atoms with Gasteiger partial charge in [-0.05, 0) is 56.4 Å². The highest BCUT2D eigenvalue weighted by molar-refractivity contribution is 5.74. The maximum atomic E-state index is 10.3. The van der Waals surface area contributed by atoms with E-state index in [1.165, 1.54) is 33.6 Å². The Hall–Kier alpha value is -2.68. The van der Waals surface area contributed by atoms with Gasteiger partial charge < -0.3 is 14.7 Å². The van der Waals surface area contributed by atoms with Crippen LogP contribution in [0.2, 0.25) is 0 Å². The molecule has 2 atom stereocenters. The Morgan fingerprint density at radius 1 is 1.18 bits per heavy atom. The van der Waals surface area contributed by atoms with Gasteiger partial charge >= 0.3 is 0 Å². The predicted octanol–water partition coefficient (Wildman–Crippen LogP) is 3.33. The number of fused-ring (bicyclic) bond motifs is 2. The molecule has 3 aliphatic rings. The molecule has 0 aliphatic carbocycles. The Morgan fingerprint density at radius 3 is 2.79 bits per heavy atom. The van der Waals surface area contributed by atoms with Crippen molar-refractivity contribution in [2.75, 3.05) is 31.2 Å². The molecule has 34 heavy (non-hydrogen) atoms. The summed E-state index contributed by atoms with van der Waals surface area (Å²) in [5, 5.41) is 20.1. The van der Waals surface area contributed by atoms with Crippen molar-refractivity contribution < 1.29 is 9.84 Å². The molecular weight excluding hydrogens is 428 g/mol. The van der Waals surface area contributed by atoms with E-state index < -0.39 is 6.23 Å². The van der Waals surface area contributed by atoms with E-state index in [1.807, 2.05) is 18.7 Å². The molecule has 0 radical (unpaired) electrons. The minimum Gasteiger partial charge on any atom is -0.379 e. The summed E-state index contributed by atoms with van der Waals surface area (Å²) in [5.41, 5.74) is 8.67. The molecule has 2 aromatic heterocycles. The van der Waals surface area contributed by atoms with Gasteiger partial charge in [0.05, 0.1) is 18.3 Å². The molecule has 8 nitrogen and oxygen atoms in total. The second kappa shape index (κ2) is 8.52. The van der Waals surface area contributed by atoms with Gasteiger partial charge in [0.15, 0.2) is 5.82 Å². The average Bonchev–Trinajstić information content (AvgIpc) is 3.56. The molecule has 0 spiro atoms. The molecule has 3 aromatic rings. The smallest absolute Gasteiger partial charge is 0.159 e. The van der Waals surface area contributed by atoms with Crippen molar-refractivity contribution in [3.05, 3.63) is 46.9 Å². The van der Waals surface area contributed by atoms with Crippen LogP contribution in [-0.4, -0.2) is 62.1 Å². The largest absolute Gasteiger partial charge is 0.379 e. The highest BCUT2D eigenvalue weighted by Gasteiger charge is 2.34. The number of hydrogen-bond acceptors (Lipinski definition) is 6. The van der Waals surface area contributed by atoms with Gasteiger partial charge in [0.25, 0.3) is 0 Å². The Kier molecular flexibility index (Phi) is 5.47. The summed E-state index contributed by atoms with van der Waals surface area (Å²) < 4.78 is 9.84. The van der Waals surface area contributed by atoms with E-state index in [0.717, 1.165) is 70.0 Å². The fourth-order valence-electron chi connectivity index (χ4n) is 5.87. The molecule has 1 saturated heterocycles. The van der Waals surface area contributed by atoms with Crippen LogP contribution in [0.25, 0.3) is 11.1 Å². The van der Waals surface area contributed by atoms with Gasteiger partial charge in [-0.2, -0.15) is 10.2 Å². The minimum absolute atomic E-state index is 0.306. The number of aliphatic hydroxyl groups excluding tert-OH is 1. The first kappa shape index (κ1) is 21.8. The number of aryl methyl sites for hydroxylation is 3. The lowest BCUT2D eigenvalue weighted by Gasteiger charge is -2.33. The lowest BCUT2D eigenvalue weighted by molar-refractivity contribution is 0.00862. The summed E-state index contributed by atoms with van der Waals surface area (Å²) in [4.78, 5) is 4.55. The summed E-state index contributed by atoms with van der Waals surface area (Å²) in [7, 11) is 1.97. The molecule has 2 unspecified atom stereocenters. The first-order chi connectivity index (χ1) is 16.5. The Labute approximate surface area is 200 Å². The monoisotopic (exact) mass is 462 g/mol. The van der Waals surface area contributed by atoms with Crippen LogP contribution >= 0.6 is 0 Å². The van der Waals surface area contributed by atoms with E-state index >= 15 is 0 Å². The van der Waals surface area contributed by atoms with Crippen LogP contribution in [0, 0.1) is 6.92 Å². The van der Waals surface area contributed by atoms with Crippen LogP contribution in [0.3, 0.4) is 0 Å². The van der Waals surface area contributed by atoms with Crippen LogP contribution in [0.1, 0.15) is 48.3 Å². The Morgan fingerprint density at radius 2 is 2.06 bits per heavy atom. The Bertz CT molecular complexity index is 1210. The van der Waals surface area contributed by atoms with Crippen molar-refractivity contribution in [2.24, 2.45) is 7.05 Å². The maximum absolute atomic E-state index is 10.3. The van der Waals surface area contributed by atoms with Gasteiger partial charge in [-0.15, -0.1) is 0 Å². The van der Waals surface area contributed by atoms with Gasteiger partial charge in [-0.3, -0.25) is 14.3 Å². The first-order valence-corrected chi connectivity index (χ1v) is 12.5. The number of benzene rings is 1. The van der Waals surface area contributed by atoms with E-state index in [2.05, 4.69) is 50.9 Å². The molecule has 1 fully saturated rings. The van der Waals surface area contributed by atoms with Crippen LogP contribution < -0.4 is 4.90 Å². The van der Waals surface area contributed by atoms with Crippen LogP contribution in [0.4, 0.5) is 11.5 Å². The molecule has 0 saturated carbocycles. The molecule has 5 heterocycles. The fraction of sp³-hybridized carbons (Fsp3) is 0.538. The highest BCUT2D eigenvalue weighted by atomic mass is 16.5. The molecule has 1 aromatic carbocycles. The van der Waals surface area contributed by atoms with Gasteiger partial charge in [0.1, 0.15) is 6.23 Å². The number of hydrogen-bond donors (Lipinski definition) is 1. The number of aromatic nitrogens is 4. The van der Waals surface area contributed by atoms with Crippen LogP contribution in [0.15, 0.2) is 24.4 Å². The van der Waals surface area contributed by atoms with Gasteiger partial charge in [-0.25, -0.2) is 0 Å². The van der Waals surface area contributed by atoms with Crippen LogP contribution in [0.5, 0.6) is 0 Å². The lowest BCUT2D eigenvalue weighted by atomic mass is 9.96. The zero-order chi connectivity index (χ0) is 23.4. The lowest BCUT2D eigenvalue weighted by Crippen LogP contribution is -2.38. The number of anilines is 2. The standard InChI is InChI=1S/C26H34N6O2/c1-17-22(14-29(3)27-17)19-6-7-24-20(13-19)5-4-10-31(24)26-23-15-30(18(2)33)11-8-25(23)32(28-26)21-9-12-34-16-21/h6-7,13-14,18,21,33H,4-5,8-12,15-16H2,1-3H3. The van der Waals surface area contributed by atoms with Crippen molar-refractivity contribution in [1.29, 1.82) is 0 Å². The number of aliphatic hydroxyl groups is 1. The highest BCUT2D eigenvalue weighted by Crippen LogP contribution is 2.40. The average molecular weight is 463 g/mol. The molecule has 0 amide bonds. The predicted molar refractivity (Wildman–Crippen MR) is 131 cm³/mol. The molecule has 8 heteroatoms. The molecule has 6 rings (SSSR count). The van der Waals surface area contributed by atoms with E-state index in [1.54, 1.807) is 0 Å². The van der Waals surface area contributed by atoms with Crippen molar-refractivity contribution >= 4 is 11.5 Å². The first-order valence-electron chi connectivity index (χ1n) is 12.5. The maximum Gasteiger partial charge on any atom is 0.159 e. The third-order valence-corrected chi connectivity index (χ3v) is 7.65. The van der Waals surface area contributed by atoms with Crippen LogP contribution in [-0.2, 0) is 31.2 Å². The van der Waals surface area contributed by atoms with E-state index in [9.17, 15) is 5.11 Å². The Balaban J connectivity index is 1.41. The van der Waals surface area contributed by atoms with Crippen molar-refractivity contribution in [2.45, 2.75) is 58.3 Å². The zero-order valence-corrected chi connectivity index (χ0v) is 20.4. The summed E-state index contributed by atoms with van der Waals surface area (Å²) in [6.45, 7) is 8.01. The second-order valence-corrected chi connectivity index (χ2v) is 9.96. The number of rotatable bonds is 4. The molecular formula is C26H34N6O2. The summed E-state index contributed by atoms with van der Waals surface area (Å²) in [6, 6.07) is 7.12. The van der Waals surface area contributed by atoms with Gasteiger partial charge in [0, 0.05) is 68.4 Å². The summed E-state index contributed by atoms with van der Waals surface area (Å²) in [5.74, 6) is 1.05. The van der Waals surface area contributed by atoms with Crippen molar-refractivity contribution in [1.82, 2.24) is 24.5 Å². The second-order valence-electron chi connectivity index (χ2n) is 9.96. The summed E-state index contributed by atoms with van der Waals surface area (Å²) >= 11 is 0. The molecule has 0 bridgehead atoms.